The van der Waals surface area contributed by atoms with Crippen molar-refractivity contribution >= 4 is 11.6 Å². The standard InChI is InChI=1S/C23H17F3N4O2/c24-23(25,26)18-8-3-5-15(11-18)12-20(31)28-19-9-2-1-6-16(19)13-21-29-22(30-32-21)17-7-4-10-27-14-17/h1-11,14H,12-13H2,(H,28,31). The maximum absolute atomic E-state index is 12.9. The summed E-state index contributed by atoms with van der Waals surface area (Å²) in [5, 5.41) is 6.71. The Bertz CT molecular complexity index is 1220. The van der Waals surface area contributed by atoms with E-state index in [1.807, 2.05) is 6.07 Å². The first-order valence-electron chi connectivity index (χ1n) is 9.65. The van der Waals surface area contributed by atoms with Gasteiger partial charge in [0.2, 0.25) is 17.6 Å². The van der Waals surface area contributed by atoms with Crippen LogP contribution < -0.4 is 5.32 Å². The molecule has 0 aliphatic rings. The summed E-state index contributed by atoms with van der Waals surface area (Å²) in [6.07, 6.45) is -1.12. The lowest BCUT2D eigenvalue weighted by atomic mass is 10.1. The van der Waals surface area contributed by atoms with Crippen molar-refractivity contribution < 1.29 is 22.5 Å². The summed E-state index contributed by atoms with van der Waals surface area (Å²) in [5.41, 5.74) is 1.44. The van der Waals surface area contributed by atoms with Gasteiger partial charge < -0.3 is 9.84 Å². The Hall–Kier alpha value is -4.01. The van der Waals surface area contributed by atoms with Crippen LogP contribution in [-0.4, -0.2) is 21.0 Å². The summed E-state index contributed by atoms with van der Waals surface area (Å²) < 4.78 is 44.0. The van der Waals surface area contributed by atoms with Gasteiger partial charge in [-0.3, -0.25) is 9.78 Å². The second kappa shape index (κ2) is 9.01. The molecule has 2 heterocycles. The fraction of sp³-hybridized carbons (Fsp3) is 0.130. The Morgan fingerprint density at radius 3 is 2.66 bits per heavy atom. The third kappa shape index (κ3) is 5.18. The van der Waals surface area contributed by atoms with E-state index in [1.54, 1.807) is 42.7 Å². The molecule has 1 amide bonds. The average molecular weight is 438 g/mol. The summed E-state index contributed by atoms with van der Waals surface area (Å²) in [5.74, 6) is 0.320. The van der Waals surface area contributed by atoms with E-state index in [4.69, 9.17) is 4.52 Å². The lowest BCUT2D eigenvalue weighted by Gasteiger charge is -2.11. The van der Waals surface area contributed by atoms with Crippen molar-refractivity contribution in [1.29, 1.82) is 0 Å². The zero-order chi connectivity index (χ0) is 22.6. The molecule has 0 bridgehead atoms. The topological polar surface area (TPSA) is 80.9 Å². The van der Waals surface area contributed by atoms with Gasteiger partial charge in [-0.2, -0.15) is 18.2 Å². The predicted molar refractivity (Wildman–Crippen MR) is 111 cm³/mol. The van der Waals surface area contributed by atoms with Crippen molar-refractivity contribution in [2.45, 2.75) is 19.0 Å². The van der Waals surface area contributed by atoms with E-state index in [2.05, 4.69) is 20.4 Å². The first-order valence-corrected chi connectivity index (χ1v) is 9.65. The quantitative estimate of drug-likeness (QED) is 0.462. The van der Waals surface area contributed by atoms with E-state index >= 15 is 0 Å². The fourth-order valence-corrected chi connectivity index (χ4v) is 3.14. The summed E-state index contributed by atoms with van der Waals surface area (Å²) in [4.78, 5) is 20.9. The number of pyridine rings is 1. The molecule has 1 N–H and O–H groups in total. The van der Waals surface area contributed by atoms with Gasteiger partial charge in [0.1, 0.15) is 0 Å². The summed E-state index contributed by atoms with van der Waals surface area (Å²) in [6, 6.07) is 15.4. The summed E-state index contributed by atoms with van der Waals surface area (Å²) in [6.45, 7) is 0. The molecule has 4 aromatic rings. The highest BCUT2D eigenvalue weighted by Gasteiger charge is 2.30. The van der Waals surface area contributed by atoms with Crippen LogP contribution in [0.3, 0.4) is 0 Å². The first-order chi connectivity index (χ1) is 15.4. The molecule has 162 valence electrons. The number of alkyl halides is 3. The zero-order valence-corrected chi connectivity index (χ0v) is 16.6. The van der Waals surface area contributed by atoms with Crippen molar-refractivity contribution in [3.05, 3.63) is 95.6 Å². The van der Waals surface area contributed by atoms with Crippen molar-refractivity contribution in [2.24, 2.45) is 0 Å². The number of halogens is 3. The van der Waals surface area contributed by atoms with Crippen LogP contribution in [0.4, 0.5) is 18.9 Å². The molecule has 0 fully saturated rings. The van der Waals surface area contributed by atoms with Crippen LogP contribution >= 0.6 is 0 Å². The number of para-hydroxylation sites is 1. The minimum absolute atomic E-state index is 0.191. The minimum Gasteiger partial charge on any atom is -0.339 e. The van der Waals surface area contributed by atoms with Crippen LogP contribution in [0.15, 0.2) is 77.6 Å². The van der Waals surface area contributed by atoms with Gasteiger partial charge in [-0.1, -0.05) is 41.6 Å². The van der Waals surface area contributed by atoms with E-state index < -0.39 is 17.6 Å². The van der Waals surface area contributed by atoms with Crippen molar-refractivity contribution in [3.8, 4) is 11.4 Å². The van der Waals surface area contributed by atoms with Gasteiger partial charge in [-0.25, -0.2) is 0 Å². The lowest BCUT2D eigenvalue weighted by Crippen LogP contribution is -2.16. The van der Waals surface area contributed by atoms with Crippen LogP contribution in [-0.2, 0) is 23.8 Å². The number of hydrogen-bond donors (Lipinski definition) is 1. The third-order valence-electron chi connectivity index (χ3n) is 4.64. The molecular formula is C23H17F3N4O2. The molecular weight excluding hydrogens is 421 g/mol. The van der Waals surface area contributed by atoms with Gasteiger partial charge in [-0.15, -0.1) is 0 Å². The highest BCUT2D eigenvalue weighted by atomic mass is 19.4. The fourth-order valence-electron chi connectivity index (χ4n) is 3.14. The molecule has 32 heavy (non-hydrogen) atoms. The van der Waals surface area contributed by atoms with Crippen molar-refractivity contribution in [1.82, 2.24) is 15.1 Å². The summed E-state index contributed by atoms with van der Waals surface area (Å²) >= 11 is 0. The third-order valence-corrected chi connectivity index (χ3v) is 4.64. The highest BCUT2D eigenvalue weighted by Crippen LogP contribution is 2.29. The number of nitrogens with zero attached hydrogens (tertiary/aromatic N) is 3. The van der Waals surface area contributed by atoms with Crippen LogP contribution in [0.5, 0.6) is 0 Å². The Labute approximate surface area is 181 Å². The molecule has 0 radical (unpaired) electrons. The molecule has 0 atom stereocenters. The second-order valence-electron chi connectivity index (χ2n) is 7.01. The van der Waals surface area contributed by atoms with Gasteiger partial charge in [0, 0.05) is 23.6 Å². The molecule has 4 rings (SSSR count). The number of aromatic nitrogens is 3. The number of carbonyl (C=O) groups is 1. The molecule has 0 spiro atoms. The number of benzene rings is 2. The Balaban J connectivity index is 1.46. The lowest BCUT2D eigenvalue weighted by molar-refractivity contribution is -0.137. The van der Waals surface area contributed by atoms with Gasteiger partial charge >= 0.3 is 6.18 Å². The Morgan fingerprint density at radius 2 is 1.88 bits per heavy atom. The maximum Gasteiger partial charge on any atom is 0.416 e. The molecule has 9 heteroatoms. The van der Waals surface area contributed by atoms with E-state index in [9.17, 15) is 18.0 Å². The number of carbonyl (C=O) groups excluding carboxylic acids is 1. The molecule has 0 unspecified atom stereocenters. The van der Waals surface area contributed by atoms with Crippen LogP contribution in [0.25, 0.3) is 11.4 Å². The smallest absolute Gasteiger partial charge is 0.339 e. The van der Waals surface area contributed by atoms with Crippen LogP contribution in [0.2, 0.25) is 0 Å². The number of nitrogens with one attached hydrogen (secondary N) is 1. The molecule has 0 saturated heterocycles. The molecule has 2 aromatic heterocycles. The van der Waals surface area contributed by atoms with E-state index in [0.29, 0.717) is 23.0 Å². The highest BCUT2D eigenvalue weighted by molar-refractivity contribution is 5.93. The monoisotopic (exact) mass is 438 g/mol. The molecule has 6 nitrogen and oxygen atoms in total. The zero-order valence-electron chi connectivity index (χ0n) is 16.6. The molecule has 0 aliphatic carbocycles. The molecule has 0 saturated carbocycles. The van der Waals surface area contributed by atoms with Crippen LogP contribution in [0.1, 0.15) is 22.6 Å². The first kappa shape index (κ1) is 21.2. The van der Waals surface area contributed by atoms with E-state index in [1.165, 1.54) is 12.1 Å². The normalized spacial score (nSPS) is 11.3. The number of anilines is 1. The van der Waals surface area contributed by atoms with Gasteiger partial charge in [0.15, 0.2) is 0 Å². The largest absolute Gasteiger partial charge is 0.416 e. The number of rotatable bonds is 6. The molecule has 2 aromatic carbocycles. The Kier molecular flexibility index (Phi) is 5.98. The van der Waals surface area contributed by atoms with Crippen molar-refractivity contribution in [2.75, 3.05) is 5.32 Å². The van der Waals surface area contributed by atoms with E-state index in [0.717, 1.165) is 17.7 Å². The maximum atomic E-state index is 12.9. The predicted octanol–water partition coefficient (Wildman–Crippen LogP) is 4.92. The van der Waals surface area contributed by atoms with Crippen LogP contribution in [0, 0.1) is 0 Å². The average Bonchev–Trinajstić information content (AvgIpc) is 3.24. The SMILES string of the molecule is O=C(Cc1cccc(C(F)(F)F)c1)Nc1ccccc1Cc1nc(-c2cccnc2)no1. The van der Waals surface area contributed by atoms with Gasteiger partial charge in [0.05, 0.1) is 18.4 Å². The Morgan fingerprint density at radius 1 is 1.03 bits per heavy atom. The summed E-state index contributed by atoms with van der Waals surface area (Å²) in [7, 11) is 0. The molecule has 0 aliphatic heterocycles. The van der Waals surface area contributed by atoms with Gasteiger partial charge in [0.25, 0.3) is 0 Å². The minimum atomic E-state index is -4.46. The van der Waals surface area contributed by atoms with E-state index in [-0.39, 0.29) is 18.4 Å². The number of hydrogen-bond acceptors (Lipinski definition) is 5. The van der Waals surface area contributed by atoms with Gasteiger partial charge in [-0.05, 0) is 35.4 Å². The van der Waals surface area contributed by atoms with Crippen molar-refractivity contribution in [3.63, 3.8) is 0 Å². The second-order valence-corrected chi connectivity index (χ2v) is 7.01. The number of amides is 1.